The zero-order chi connectivity index (χ0) is 15.5. The summed E-state index contributed by atoms with van der Waals surface area (Å²) in [7, 11) is 0. The first-order valence-corrected chi connectivity index (χ1v) is 7.27. The SMILES string of the molecule is CC1N=C(C(=O)N2CCOCC2)NN(c2ccccc2)C1=O. The number of carbonyl (C=O) groups excluding carboxylic acids is 2. The minimum atomic E-state index is -0.596. The average molecular weight is 302 g/mol. The molecule has 1 fully saturated rings. The molecule has 2 heterocycles. The normalized spacial score (nSPS) is 22.1. The van der Waals surface area contributed by atoms with Gasteiger partial charge >= 0.3 is 0 Å². The molecular formula is C15H18N4O3. The van der Waals surface area contributed by atoms with Crippen LogP contribution in [0.5, 0.6) is 0 Å². The molecule has 3 rings (SSSR count). The van der Waals surface area contributed by atoms with Gasteiger partial charge in [-0.3, -0.25) is 15.0 Å². The van der Waals surface area contributed by atoms with E-state index in [0.29, 0.717) is 32.0 Å². The van der Waals surface area contributed by atoms with Gasteiger partial charge < -0.3 is 9.64 Å². The van der Waals surface area contributed by atoms with Gasteiger partial charge in [0.25, 0.3) is 11.8 Å². The second-order valence-corrected chi connectivity index (χ2v) is 5.18. The first-order valence-electron chi connectivity index (χ1n) is 7.27. The number of nitrogens with zero attached hydrogens (tertiary/aromatic N) is 3. The third kappa shape index (κ3) is 2.80. The lowest BCUT2D eigenvalue weighted by atomic mass is 10.2. The maximum Gasteiger partial charge on any atom is 0.290 e. The summed E-state index contributed by atoms with van der Waals surface area (Å²) in [6.07, 6.45) is 0. The lowest BCUT2D eigenvalue weighted by molar-refractivity contribution is -0.128. The molecule has 0 aromatic heterocycles. The largest absolute Gasteiger partial charge is 0.378 e. The first kappa shape index (κ1) is 14.5. The number of hydrazine groups is 1. The fourth-order valence-corrected chi connectivity index (χ4v) is 2.41. The average Bonchev–Trinajstić information content (AvgIpc) is 2.58. The van der Waals surface area contributed by atoms with Crippen molar-refractivity contribution < 1.29 is 14.3 Å². The molecule has 1 aromatic rings. The molecule has 7 nitrogen and oxygen atoms in total. The van der Waals surface area contributed by atoms with Gasteiger partial charge in [-0.15, -0.1) is 0 Å². The van der Waals surface area contributed by atoms with Crippen molar-refractivity contribution in [2.24, 2.45) is 4.99 Å². The van der Waals surface area contributed by atoms with Crippen LogP contribution in [0.25, 0.3) is 0 Å². The summed E-state index contributed by atoms with van der Waals surface area (Å²) in [6.45, 7) is 3.80. The quantitative estimate of drug-likeness (QED) is 0.846. The number of amides is 2. The smallest absolute Gasteiger partial charge is 0.290 e. The molecule has 2 amide bonds. The van der Waals surface area contributed by atoms with E-state index in [1.807, 2.05) is 18.2 Å². The van der Waals surface area contributed by atoms with E-state index in [1.165, 1.54) is 5.01 Å². The minimum absolute atomic E-state index is 0.190. The molecule has 0 spiro atoms. The second kappa shape index (κ2) is 6.15. The molecule has 116 valence electrons. The Morgan fingerprint density at radius 1 is 1.27 bits per heavy atom. The molecule has 1 atom stereocenters. The lowest BCUT2D eigenvalue weighted by Gasteiger charge is -2.33. The summed E-state index contributed by atoms with van der Waals surface area (Å²) < 4.78 is 5.25. The number of amidine groups is 1. The number of aliphatic imine (C=N–C) groups is 1. The molecule has 0 radical (unpaired) electrons. The number of carbonyl (C=O) groups is 2. The van der Waals surface area contributed by atoms with Gasteiger partial charge in [0.05, 0.1) is 18.9 Å². The summed E-state index contributed by atoms with van der Waals surface area (Å²) in [5, 5.41) is 1.38. The maximum atomic E-state index is 12.5. The van der Waals surface area contributed by atoms with Crippen molar-refractivity contribution in [2.75, 3.05) is 31.3 Å². The molecular weight excluding hydrogens is 284 g/mol. The Morgan fingerprint density at radius 3 is 2.64 bits per heavy atom. The van der Waals surface area contributed by atoms with E-state index in [-0.39, 0.29) is 17.6 Å². The Morgan fingerprint density at radius 2 is 1.95 bits per heavy atom. The van der Waals surface area contributed by atoms with Crippen LogP contribution in [0.2, 0.25) is 0 Å². The molecule has 1 aromatic carbocycles. The Labute approximate surface area is 128 Å². The summed E-state index contributed by atoms with van der Waals surface area (Å²) in [6, 6.07) is 8.56. The topological polar surface area (TPSA) is 74.2 Å². The van der Waals surface area contributed by atoms with Crippen molar-refractivity contribution in [1.29, 1.82) is 0 Å². The van der Waals surface area contributed by atoms with E-state index in [4.69, 9.17) is 4.74 Å². The van der Waals surface area contributed by atoms with Gasteiger partial charge in [-0.05, 0) is 19.1 Å². The number of rotatable bonds is 2. The number of morpholine rings is 1. The fourth-order valence-electron chi connectivity index (χ4n) is 2.41. The Hall–Kier alpha value is -2.41. The molecule has 0 bridgehead atoms. The molecule has 0 aliphatic carbocycles. The Balaban J connectivity index is 1.82. The molecule has 1 unspecified atom stereocenters. The highest BCUT2D eigenvalue weighted by molar-refractivity contribution is 6.39. The molecule has 1 N–H and O–H groups in total. The van der Waals surface area contributed by atoms with E-state index in [0.717, 1.165) is 0 Å². The third-order valence-corrected chi connectivity index (χ3v) is 3.63. The van der Waals surface area contributed by atoms with Gasteiger partial charge in [-0.1, -0.05) is 18.2 Å². The van der Waals surface area contributed by atoms with Gasteiger partial charge in [0, 0.05) is 13.1 Å². The van der Waals surface area contributed by atoms with Crippen LogP contribution in [0.15, 0.2) is 35.3 Å². The van der Waals surface area contributed by atoms with Crippen molar-refractivity contribution >= 4 is 23.3 Å². The van der Waals surface area contributed by atoms with Crippen molar-refractivity contribution in [3.8, 4) is 0 Å². The third-order valence-electron chi connectivity index (χ3n) is 3.63. The molecule has 2 aliphatic rings. The summed E-state index contributed by atoms with van der Waals surface area (Å²) in [5.74, 6) is -0.203. The maximum absolute atomic E-state index is 12.5. The van der Waals surface area contributed by atoms with Crippen LogP contribution < -0.4 is 10.4 Å². The predicted octanol–water partition coefficient (Wildman–Crippen LogP) is 0.184. The van der Waals surface area contributed by atoms with E-state index in [1.54, 1.807) is 24.0 Å². The highest BCUT2D eigenvalue weighted by atomic mass is 16.5. The van der Waals surface area contributed by atoms with E-state index in [9.17, 15) is 9.59 Å². The van der Waals surface area contributed by atoms with Crippen LogP contribution >= 0.6 is 0 Å². The number of anilines is 1. The number of benzene rings is 1. The Bertz CT molecular complexity index is 596. The van der Waals surface area contributed by atoms with E-state index in [2.05, 4.69) is 10.4 Å². The van der Waals surface area contributed by atoms with Crippen molar-refractivity contribution in [3.05, 3.63) is 30.3 Å². The van der Waals surface area contributed by atoms with Gasteiger partial charge in [0.15, 0.2) is 0 Å². The van der Waals surface area contributed by atoms with Crippen LogP contribution in [0.1, 0.15) is 6.92 Å². The monoisotopic (exact) mass is 302 g/mol. The Kier molecular flexibility index (Phi) is 4.06. The molecule has 1 saturated heterocycles. The summed E-state index contributed by atoms with van der Waals surface area (Å²) >= 11 is 0. The van der Waals surface area contributed by atoms with Gasteiger partial charge in [-0.25, -0.2) is 10.0 Å². The van der Waals surface area contributed by atoms with Gasteiger partial charge in [-0.2, -0.15) is 0 Å². The number of para-hydroxylation sites is 1. The minimum Gasteiger partial charge on any atom is -0.378 e. The van der Waals surface area contributed by atoms with Crippen LogP contribution in [0.3, 0.4) is 0 Å². The number of nitrogens with one attached hydrogen (secondary N) is 1. The zero-order valence-electron chi connectivity index (χ0n) is 12.4. The standard InChI is InChI=1S/C15H18N4O3/c1-11-14(20)19(12-5-3-2-4-6-12)17-13(16-11)15(21)18-7-9-22-10-8-18/h2-6,11H,7-10H2,1H3,(H,16,17). The molecule has 0 saturated carbocycles. The van der Waals surface area contributed by atoms with E-state index >= 15 is 0 Å². The lowest BCUT2D eigenvalue weighted by Crippen LogP contribution is -2.59. The molecule has 22 heavy (non-hydrogen) atoms. The number of hydrogen-bond acceptors (Lipinski definition) is 5. The number of hydrogen-bond donors (Lipinski definition) is 1. The summed E-state index contributed by atoms with van der Waals surface area (Å²) in [5.41, 5.74) is 3.53. The first-order chi connectivity index (χ1) is 10.7. The van der Waals surface area contributed by atoms with Crippen LogP contribution in [-0.4, -0.2) is 54.9 Å². The predicted molar refractivity (Wildman–Crippen MR) is 81.4 cm³/mol. The van der Waals surface area contributed by atoms with Crippen LogP contribution in [0, 0.1) is 0 Å². The molecule has 2 aliphatic heterocycles. The van der Waals surface area contributed by atoms with Gasteiger partial charge in [0.2, 0.25) is 5.84 Å². The van der Waals surface area contributed by atoms with Crippen LogP contribution in [-0.2, 0) is 14.3 Å². The van der Waals surface area contributed by atoms with Crippen molar-refractivity contribution in [2.45, 2.75) is 13.0 Å². The van der Waals surface area contributed by atoms with E-state index < -0.39 is 6.04 Å². The second-order valence-electron chi connectivity index (χ2n) is 5.18. The molecule has 7 heteroatoms. The number of ether oxygens (including phenoxy) is 1. The summed E-state index contributed by atoms with van der Waals surface area (Å²) in [4.78, 5) is 30.7. The fraction of sp³-hybridized carbons (Fsp3) is 0.400. The highest BCUT2D eigenvalue weighted by Crippen LogP contribution is 2.16. The van der Waals surface area contributed by atoms with Gasteiger partial charge in [0.1, 0.15) is 6.04 Å². The highest BCUT2D eigenvalue weighted by Gasteiger charge is 2.32. The van der Waals surface area contributed by atoms with Crippen molar-refractivity contribution in [1.82, 2.24) is 10.3 Å². The zero-order valence-corrected chi connectivity index (χ0v) is 12.4. The van der Waals surface area contributed by atoms with Crippen molar-refractivity contribution in [3.63, 3.8) is 0 Å². The van der Waals surface area contributed by atoms with Crippen LogP contribution in [0.4, 0.5) is 5.69 Å².